The van der Waals surface area contributed by atoms with Gasteiger partial charge in [-0.25, -0.2) is 0 Å². The average Bonchev–Trinajstić information content (AvgIpc) is 2.00. The van der Waals surface area contributed by atoms with E-state index in [-0.39, 0.29) is 17.6 Å². The molecule has 11 heavy (non-hydrogen) atoms. The van der Waals surface area contributed by atoms with Crippen LogP contribution >= 0.6 is 0 Å². The van der Waals surface area contributed by atoms with E-state index in [9.17, 15) is 9.90 Å². The van der Waals surface area contributed by atoms with Gasteiger partial charge in [-0.15, -0.1) is 0 Å². The summed E-state index contributed by atoms with van der Waals surface area (Å²) in [6.45, 7) is 7.28. The molecular formula is C9H18O2. The molecule has 0 aliphatic heterocycles. The lowest BCUT2D eigenvalue weighted by atomic mass is 9.89. The molecule has 0 fully saturated rings. The fraction of sp³-hybridized carbons (Fsp3) is 0.889. The summed E-state index contributed by atoms with van der Waals surface area (Å²) in [6.07, 6.45) is 0.441. The third-order valence-corrected chi connectivity index (χ3v) is 2.38. The van der Waals surface area contributed by atoms with E-state index in [0.717, 1.165) is 6.42 Å². The van der Waals surface area contributed by atoms with Crippen molar-refractivity contribution < 1.29 is 9.90 Å². The Morgan fingerprint density at radius 1 is 1.45 bits per heavy atom. The maximum atomic E-state index is 10.8. The summed E-state index contributed by atoms with van der Waals surface area (Å²) in [5, 5.41) is 9.54. The summed E-state index contributed by atoms with van der Waals surface area (Å²) in [5.74, 6) is 0.0663. The highest BCUT2D eigenvalue weighted by Gasteiger charge is 2.22. The predicted molar refractivity (Wildman–Crippen MR) is 45.3 cm³/mol. The molecule has 2 heteroatoms. The molecule has 1 N–H and O–H groups in total. The van der Waals surface area contributed by atoms with Gasteiger partial charge in [0.15, 0.2) is 0 Å². The number of rotatable bonds is 4. The third-order valence-electron chi connectivity index (χ3n) is 2.38. The molecule has 0 saturated carbocycles. The van der Waals surface area contributed by atoms with Crippen molar-refractivity contribution in [2.75, 3.05) is 0 Å². The molecule has 66 valence electrons. The van der Waals surface area contributed by atoms with Gasteiger partial charge in [0.05, 0.1) is 6.10 Å². The molecule has 0 bridgehead atoms. The molecule has 0 aromatic carbocycles. The molecule has 2 nitrogen and oxygen atoms in total. The highest BCUT2D eigenvalue weighted by Crippen LogP contribution is 2.16. The zero-order valence-electron chi connectivity index (χ0n) is 7.79. The van der Waals surface area contributed by atoms with Crippen molar-refractivity contribution in [3.05, 3.63) is 0 Å². The topological polar surface area (TPSA) is 37.3 Å². The molecule has 3 unspecified atom stereocenters. The lowest BCUT2D eigenvalue weighted by molar-refractivity contribution is -0.124. The number of aliphatic hydroxyl groups excluding tert-OH is 1. The number of Topliss-reactive ketones (excluding diaryl/α,β-unsaturated/α-hetero) is 1. The van der Waals surface area contributed by atoms with Crippen LogP contribution in [0.4, 0.5) is 0 Å². The van der Waals surface area contributed by atoms with Crippen LogP contribution in [-0.2, 0) is 4.79 Å². The third kappa shape index (κ3) is 3.02. The highest BCUT2D eigenvalue weighted by molar-refractivity contribution is 5.78. The van der Waals surface area contributed by atoms with Crippen molar-refractivity contribution in [1.29, 1.82) is 0 Å². The summed E-state index contributed by atoms with van der Waals surface area (Å²) in [5.41, 5.74) is 0. The highest BCUT2D eigenvalue weighted by atomic mass is 16.3. The van der Waals surface area contributed by atoms with Crippen LogP contribution in [-0.4, -0.2) is 17.0 Å². The SMILES string of the molecule is CCC(C)C(O)C(C)C(C)=O. The largest absolute Gasteiger partial charge is 0.392 e. The van der Waals surface area contributed by atoms with Crippen LogP contribution in [0.1, 0.15) is 34.1 Å². The molecule has 0 heterocycles. The first kappa shape index (κ1) is 10.6. The Balaban J connectivity index is 4.00. The van der Waals surface area contributed by atoms with E-state index in [1.54, 1.807) is 6.92 Å². The first-order valence-corrected chi connectivity index (χ1v) is 4.19. The minimum absolute atomic E-state index is 0.0674. The Morgan fingerprint density at radius 2 is 1.91 bits per heavy atom. The molecule has 0 saturated heterocycles. The molecule has 0 aliphatic rings. The summed E-state index contributed by atoms with van der Waals surface area (Å²) in [7, 11) is 0. The fourth-order valence-corrected chi connectivity index (χ4v) is 0.975. The van der Waals surface area contributed by atoms with Crippen LogP contribution in [0.5, 0.6) is 0 Å². The van der Waals surface area contributed by atoms with Crippen LogP contribution in [0, 0.1) is 11.8 Å². The van der Waals surface area contributed by atoms with E-state index >= 15 is 0 Å². The summed E-state index contributed by atoms with van der Waals surface area (Å²) in [6, 6.07) is 0. The Kier molecular flexibility index (Phi) is 4.34. The Labute approximate surface area is 68.6 Å². The van der Waals surface area contributed by atoms with E-state index in [1.165, 1.54) is 6.92 Å². The van der Waals surface area contributed by atoms with E-state index in [2.05, 4.69) is 0 Å². The zero-order valence-corrected chi connectivity index (χ0v) is 7.79. The zero-order chi connectivity index (χ0) is 9.02. The van der Waals surface area contributed by atoms with Crippen molar-refractivity contribution in [3.63, 3.8) is 0 Å². The lowest BCUT2D eigenvalue weighted by Gasteiger charge is -2.21. The predicted octanol–water partition coefficient (Wildman–Crippen LogP) is 1.62. The average molecular weight is 158 g/mol. The number of hydrogen-bond acceptors (Lipinski definition) is 2. The van der Waals surface area contributed by atoms with Gasteiger partial charge in [0.2, 0.25) is 0 Å². The molecular weight excluding hydrogens is 140 g/mol. The fourth-order valence-electron chi connectivity index (χ4n) is 0.975. The number of hydrogen-bond donors (Lipinski definition) is 1. The van der Waals surface area contributed by atoms with E-state index in [1.807, 2.05) is 13.8 Å². The van der Waals surface area contributed by atoms with Crippen molar-refractivity contribution in [3.8, 4) is 0 Å². The Bertz CT molecular complexity index is 132. The van der Waals surface area contributed by atoms with Crippen LogP contribution < -0.4 is 0 Å². The maximum Gasteiger partial charge on any atom is 0.135 e. The number of ketones is 1. The van der Waals surface area contributed by atoms with Gasteiger partial charge < -0.3 is 5.11 Å². The van der Waals surface area contributed by atoms with E-state index in [0.29, 0.717) is 0 Å². The molecule has 0 radical (unpaired) electrons. The van der Waals surface area contributed by atoms with Crippen LogP contribution in [0.15, 0.2) is 0 Å². The van der Waals surface area contributed by atoms with Gasteiger partial charge in [-0.3, -0.25) is 4.79 Å². The molecule has 3 atom stereocenters. The second-order valence-electron chi connectivity index (χ2n) is 3.28. The van der Waals surface area contributed by atoms with Gasteiger partial charge in [-0.2, -0.15) is 0 Å². The molecule has 0 aliphatic carbocycles. The van der Waals surface area contributed by atoms with Gasteiger partial charge >= 0.3 is 0 Å². The molecule has 0 amide bonds. The minimum Gasteiger partial charge on any atom is -0.392 e. The monoisotopic (exact) mass is 158 g/mol. The van der Waals surface area contributed by atoms with E-state index < -0.39 is 6.10 Å². The van der Waals surface area contributed by atoms with Gasteiger partial charge in [-0.1, -0.05) is 27.2 Å². The van der Waals surface area contributed by atoms with Crippen molar-refractivity contribution in [1.82, 2.24) is 0 Å². The first-order chi connectivity index (χ1) is 5.00. The molecule has 0 aromatic heterocycles. The molecule has 0 rings (SSSR count). The number of carbonyl (C=O) groups excluding carboxylic acids is 1. The molecule has 0 spiro atoms. The Hall–Kier alpha value is -0.370. The van der Waals surface area contributed by atoms with Crippen molar-refractivity contribution >= 4 is 5.78 Å². The van der Waals surface area contributed by atoms with Crippen molar-refractivity contribution in [2.24, 2.45) is 11.8 Å². The lowest BCUT2D eigenvalue weighted by Crippen LogP contribution is -2.29. The van der Waals surface area contributed by atoms with Crippen molar-refractivity contribution in [2.45, 2.75) is 40.2 Å². The van der Waals surface area contributed by atoms with Crippen LogP contribution in [0.2, 0.25) is 0 Å². The normalized spacial score (nSPS) is 19.0. The number of aliphatic hydroxyl groups is 1. The number of carbonyl (C=O) groups is 1. The van der Waals surface area contributed by atoms with Gasteiger partial charge in [0, 0.05) is 5.92 Å². The van der Waals surface area contributed by atoms with Gasteiger partial charge in [0.25, 0.3) is 0 Å². The smallest absolute Gasteiger partial charge is 0.135 e. The second kappa shape index (κ2) is 4.50. The minimum atomic E-state index is -0.475. The molecule has 0 aromatic rings. The standard InChI is InChI=1S/C9H18O2/c1-5-6(2)9(11)7(3)8(4)10/h6-7,9,11H,5H2,1-4H3. The van der Waals surface area contributed by atoms with Gasteiger partial charge in [0.1, 0.15) is 5.78 Å². The Morgan fingerprint density at radius 3 is 2.18 bits per heavy atom. The maximum absolute atomic E-state index is 10.8. The van der Waals surface area contributed by atoms with Gasteiger partial charge in [-0.05, 0) is 12.8 Å². The van der Waals surface area contributed by atoms with Crippen LogP contribution in [0.25, 0.3) is 0 Å². The summed E-state index contributed by atoms with van der Waals surface area (Å²) in [4.78, 5) is 10.8. The quantitative estimate of drug-likeness (QED) is 0.675. The van der Waals surface area contributed by atoms with E-state index in [4.69, 9.17) is 0 Å². The summed E-state index contributed by atoms with van der Waals surface area (Å²) >= 11 is 0. The summed E-state index contributed by atoms with van der Waals surface area (Å²) < 4.78 is 0. The second-order valence-corrected chi connectivity index (χ2v) is 3.28. The first-order valence-electron chi connectivity index (χ1n) is 4.19. The van der Waals surface area contributed by atoms with Crippen LogP contribution in [0.3, 0.4) is 0 Å².